The molecule has 1 unspecified atom stereocenters. The number of halogens is 3. The minimum absolute atomic E-state index is 0.175. The van der Waals surface area contributed by atoms with Crippen LogP contribution in [0.3, 0.4) is 0 Å². The van der Waals surface area contributed by atoms with Gasteiger partial charge >= 0.3 is 6.03 Å². The molecule has 0 aromatic heterocycles. The number of aliphatic hydroxyl groups is 1. The predicted molar refractivity (Wildman–Crippen MR) is 102 cm³/mol. The monoisotopic (exact) mass is 411 g/mol. The summed E-state index contributed by atoms with van der Waals surface area (Å²) >= 11 is 18.0. The summed E-state index contributed by atoms with van der Waals surface area (Å²) in [6, 6.07) is 8.37. The van der Waals surface area contributed by atoms with E-state index >= 15 is 0 Å². The fraction of sp³-hybridized carbons (Fsp3) is 0.0588. The van der Waals surface area contributed by atoms with Crippen LogP contribution in [-0.4, -0.2) is 17.0 Å². The Kier molecular flexibility index (Phi) is 5.27. The molecule has 0 fully saturated rings. The molecule has 134 valence electrons. The SMILES string of the molecule is O=C(Nc1c(Cl)cc(Cl)cc1Cl)NC1C=C(O)C(=O)Nc2ccccc21. The highest BCUT2D eigenvalue weighted by atomic mass is 35.5. The van der Waals surface area contributed by atoms with Crippen LogP contribution in [0.2, 0.25) is 15.1 Å². The minimum atomic E-state index is -0.755. The molecule has 0 saturated carbocycles. The van der Waals surface area contributed by atoms with E-state index in [1.54, 1.807) is 24.3 Å². The molecule has 2 aromatic carbocycles. The Morgan fingerprint density at radius 2 is 1.77 bits per heavy atom. The molecule has 0 aliphatic carbocycles. The fourth-order valence-electron chi connectivity index (χ4n) is 2.46. The highest BCUT2D eigenvalue weighted by Crippen LogP contribution is 2.34. The van der Waals surface area contributed by atoms with Gasteiger partial charge in [-0.3, -0.25) is 4.79 Å². The van der Waals surface area contributed by atoms with Crippen molar-refractivity contribution in [2.24, 2.45) is 0 Å². The first-order valence-corrected chi connectivity index (χ1v) is 8.51. The summed E-state index contributed by atoms with van der Waals surface area (Å²) in [5.41, 5.74) is 1.28. The second-order valence-corrected chi connectivity index (χ2v) is 6.66. The van der Waals surface area contributed by atoms with E-state index in [-0.39, 0.29) is 15.7 Å². The van der Waals surface area contributed by atoms with E-state index in [1.165, 1.54) is 18.2 Å². The molecule has 9 heteroatoms. The van der Waals surface area contributed by atoms with Crippen LogP contribution in [-0.2, 0) is 4.79 Å². The molecule has 3 rings (SSSR count). The van der Waals surface area contributed by atoms with Gasteiger partial charge < -0.3 is 21.1 Å². The number of benzene rings is 2. The number of hydrogen-bond donors (Lipinski definition) is 4. The van der Waals surface area contributed by atoms with E-state index in [9.17, 15) is 14.7 Å². The number of carbonyl (C=O) groups is 2. The predicted octanol–water partition coefficient (Wildman–Crippen LogP) is 4.90. The lowest BCUT2D eigenvalue weighted by Gasteiger charge is -2.18. The standard InChI is InChI=1S/C17H12Cl3N3O3/c18-8-5-10(19)15(11(20)6-8)23-17(26)22-13-7-14(24)16(25)21-12-4-2-1-3-9(12)13/h1-7,13,24H,(H,21,25)(H2,22,23,26). The molecular weight excluding hydrogens is 401 g/mol. The highest BCUT2D eigenvalue weighted by Gasteiger charge is 2.24. The lowest BCUT2D eigenvalue weighted by Crippen LogP contribution is -2.32. The Morgan fingerprint density at radius 3 is 2.46 bits per heavy atom. The summed E-state index contributed by atoms with van der Waals surface area (Å²) in [5.74, 6) is -1.17. The van der Waals surface area contributed by atoms with Gasteiger partial charge in [-0.05, 0) is 24.3 Å². The molecule has 0 radical (unpaired) electrons. The molecule has 1 aliphatic heterocycles. The largest absolute Gasteiger partial charge is 0.503 e. The normalized spacial score (nSPS) is 16.0. The molecule has 26 heavy (non-hydrogen) atoms. The van der Waals surface area contributed by atoms with Gasteiger partial charge in [0.1, 0.15) is 0 Å². The lowest BCUT2D eigenvalue weighted by molar-refractivity contribution is -0.115. The Bertz CT molecular complexity index is 907. The zero-order valence-electron chi connectivity index (χ0n) is 13.0. The lowest BCUT2D eigenvalue weighted by atomic mass is 10.1. The number of nitrogens with one attached hydrogen (secondary N) is 3. The topological polar surface area (TPSA) is 90.5 Å². The number of fused-ring (bicyclic) bond motifs is 1. The van der Waals surface area contributed by atoms with Crippen LogP contribution in [0, 0.1) is 0 Å². The van der Waals surface area contributed by atoms with E-state index in [0.29, 0.717) is 16.3 Å². The maximum absolute atomic E-state index is 12.4. The van der Waals surface area contributed by atoms with Gasteiger partial charge in [0, 0.05) is 16.3 Å². The van der Waals surface area contributed by atoms with Gasteiger partial charge in [0.2, 0.25) is 0 Å². The zero-order chi connectivity index (χ0) is 18.8. The van der Waals surface area contributed by atoms with Gasteiger partial charge in [-0.2, -0.15) is 0 Å². The van der Waals surface area contributed by atoms with Crippen molar-refractivity contribution >= 4 is 58.1 Å². The van der Waals surface area contributed by atoms with Crippen LogP contribution in [0.25, 0.3) is 0 Å². The highest BCUT2D eigenvalue weighted by molar-refractivity contribution is 6.42. The third-order valence-corrected chi connectivity index (χ3v) is 4.45. The average molecular weight is 413 g/mol. The summed E-state index contributed by atoms with van der Waals surface area (Å²) in [4.78, 5) is 24.2. The van der Waals surface area contributed by atoms with E-state index in [2.05, 4.69) is 16.0 Å². The average Bonchev–Trinajstić information content (AvgIpc) is 2.68. The van der Waals surface area contributed by atoms with Gasteiger partial charge in [0.25, 0.3) is 5.91 Å². The Hall–Kier alpha value is -2.41. The first-order valence-electron chi connectivity index (χ1n) is 7.38. The molecule has 0 spiro atoms. The minimum Gasteiger partial charge on any atom is -0.503 e. The number of urea groups is 1. The van der Waals surface area contributed by atoms with E-state index in [1.807, 2.05) is 0 Å². The first-order chi connectivity index (χ1) is 12.3. The maximum atomic E-state index is 12.4. The number of rotatable bonds is 2. The van der Waals surface area contributed by atoms with Gasteiger partial charge in [-0.25, -0.2) is 4.79 Å². The Morgan fingerprint density at radius 1 is 1.12 bits per heavy atom. The van der Waals surface area contributed by atoms with E-state index in [4.69, 9.17) is 34.8 Å². The maximum Gasteiger partial charge on any atom is 0.320 e. The molecule has 0 saturated heterocycles. The van der Waals surface area contributed by atoms with Crippen LogP contribution in [0.15, 0.2) is 48.2 Å². The summed E-state index contributed by atoms with van der Waals surface area (Å²) in [5, 5.41) is 18.3. The smallest absolute Gasteiger partial charge is 0.320 e. The number of para-hydroxylation sites is 1. The molecule has 2 aromatic rings. The van der Waals surface area contributed by atoms with Crippen molar-refractivity contribution in [3.63, 3.8) is 0 Å². The van der Waals surface area contributed by atoms with Gasteiger partial charge in [0.05, 0.1) is 21.8 Å². The molecule has 1 aliphatic rings. The first kappa shape index (κ1) is 18.4. The molecule has 1 atom stereocenters. The second kappa shape index (κ2) is 7.45. The fourth-order valence-corrected chi connectivity index (χ4v) is 3.38. The number of amides is 3. The van der Waals surface area contributed by atoms with Crippen LogP contribution in [0.4, 0.5) is 16.2 Å². The van der Waals surface area contributed by atoms with Crippen LogP contribution >= 0.6 is 34.8 Å². The summed E-state index contributed by atoms with van der Waals surface area (Å²) in [6.45, 7) is 0. The van der Waals surface area contributed by atoms with Crippen LogP contribution in [0.1, 0.15) is 11.6 Å². The molecular formula is C17H12Cl3N3O3. The molecule has 4 N–H and O–H groups in total. The van der Waals surface area contributed by atoms with E-state index < -0.39 is 23.7 Å². The quantitative estimate of drug-likeness (QED) is 0.565. The summed E-state index contributed by atoms with van der Waals surface area (Å²) < 4.78 is 0. The van der Waals surface area contributed by atoms with Crippen LogP contribution < -0.4 is 16.0 Å². The van der Waals surface area contributed by atoms with Crippen molar-refractivity contribution in [2.45, 2.75) is 6.04 Å². The molecule has 0 bridgehead atoms. The number of carbonyl (C=O) groups excluding carboxylic acids is 2. The second-order valence-electron chi connectivity index (χ2n) is 5.41. The third kappa shape index (κ3) is 3.88. The van der Waals surface area contributed by atoms with Crippen molar-refractivity contribution in [1.82, 2.24) is 5.32 Å². The van der Waals surface area contributed by atoms with E-state index in [0.717, 1.165) is 0 Å². The Balaban J connectivity index is 1.86. The Labute approximate surface area is 163 Å². The van der Waals surface area contributed by atoms with Gasteiger partial charge in [-0.1, -0.05) is 53.0 Å². The van der Waals surface area contributed by atoms with Gasteiger partial charge in [0.15, 0.2) is 5.76 Å². The van der Waals surface area contributed by atoms with Gasteiger partial charge in [-0.15, -0.1) is 0 Å². The van der Waals surface area contributed by atoms with Crippen molar-refractivity contribution < 1.29 is 14.7 Å². The molecule has 6 nitrogen and oxygen atoms in total. The van der Waals surface area contributed by atoms with Crippen molar-refractivity contribution in [2.75, 3.05) is 10.6 Å². The zero-order valence-corrected chi connectivity index (χ0v) is 15.3. The van der Waals surface area contributed by atoms with Crippen molar-refractivity contribution in [1.29, 1.82) is 0 Å². The third-order valence-electron chi connectivity index (χ3n) is 3.63. The van der Waals surface area contributed by atoms with Crippen LogP contribution in [0.5, 0.6) is 0 Å². The number of aliphatic hydroxyl groups excluding tert-OH is 1. The molecule has 1 heterocycles. The summed E-state index contributed by atoms with van der Waals surface area (Å²) in [7, 11) is 0. The molecule has 3 amide bonds. The van der Waals surface area contributed by atoms with Crippen molar-refractivity contribution in [3.8, 4) is 0 Å². The number of hydrogen-bond acceptors (Lipinski definition) is 3. The summed E-state index contributed by atoms with van der Waals surface area (Å²) in [6.07, 6.45) is 1.24. The van der Waals surface area contributed by atoms with Crippen molar-refractivity contribution in [3.05, 3.63) is 68.9 Å². The number of anilines is 2.